The molecule has 4 rings (SSSR count). The van der Waals surface area contributed by atoms with E-state index in [1.807, 2.05) is 24.3 Å². The molecule has 0 bridgehead atoms. The molecule has 3 aromatic rings. The number of nitrogens with one attached hydrogen (secondary N) is 1. The normalized spacial score (nSPS) is 16.2. The first kappa shape index (κ1) is 19.6. The first-order valence-corrected chi connectivity index (χ1v) is 9.55. The summed E-state index contributed by atoms with van der Waals surface area (Å²) >= 11 is 0. The van der Waals surface area contributed by atoms with Crippen LogP contribution in [0.4, 0.5) is 5.69 Å². The molecule has 1 N–H and O–H groups in total. The summed E-state index contributed by atoms with van der Waals surface area (Å²) in [6.07, 6.45) is 1.70. The molecule has 1 atom stereocenters. The zero-order chi connectivity index (χ0) is 21.4. The molecule has 7 heteroatoms. The van der Waals surface area contributed by atoms with Crippen LogP contribution in [0.3, 0.4) is 0 Å². The van der Waals surface area contributed by atoms with E-state index in [9.17, 15) is 14.4 Å². The van der Waals surface area contributed by atoms with Crippen LogP contribution >= 0.6 is 0 Å². The third-order valence-corrected chi connectivity index (χ3v) is 5.53. The maximum Gasteiger partial charge on any atom is 0.256 e. The van der Waals surface area contributed by atoms with E-state index in [1.54, 1.807) is 31.3 Å². The molecule has 30 heavy (non-hydrogen) atoms. The number of carbonyl (C=O) groups excluding carboxylic acids is 3. The van der Waals surface area contributed by atoms with E-state index in [1.165, 1.54) is 14.2 Å². The van der Waals surface area contributed by atoms with Gasteiger partial charge in [-0.05, 0) is 30.7 Å². The van der Waals surface area contributed by atoms with Crippen molar-refractivity contribution in [3.63, 3.8) is 0 Å². The van der Waals surface area contributed by atoms with Gasteiger partial charge in [-0.3, -0.25) is 24.3 Å². The smallest absolute Gasteiger partial charge is 0.256 e. The summed E-state index contributed by atoms with van der Waals surface area (Å²) in [6, 6.07) is 12.7. The van der Waals surface area contributed by atoms with Gasteiger partial charge in [-0.25, -0.2) is 0 Å². The second-order valence-electron chi connectivity index (χ2n) is 7.24. The second-order valence-corrected chi connectivity index (χ2v) is 7.24. The fourth-order valence-corrected chi connectivity index (χ4v) is 3.91. The van der Waals surface area contributed by atoms with Gasteiger partial charge in [0.25, 0.3) is 5.91 Å². The molecule has 1 aliphatic heterocycles. The van der Waals surface area contributed by atoms with Gasteiger partial charge < -0.3 is 10.1 Å². The monoisotopic (exact) mass is 403 g/mol. The number of aromatic nitrogens is 1. The van der Waals surface area contributed by atoms with Crippen molar-refractivity contribution in [3.05, 3.63) is 65.4 Å². The Labute approximate surface area is 173 Å². The highest BCUT2D eigenvalue weighted by Gasteiger charge is 2.39. The first-order valence-electron chi connectivity index (χ1n) is 9.55. The minimum Gasteiger partial charge on any atom is -0.496 e. The van der Waals surface area contributed by atoms with Gasteiger partial charge in [0.2, 0.25) is 11.8 Å². The number of anilines is 1. The number of likely N-dealkylation sites (tertiary alicyclic amines) is 1. The molecule has 1 saturated heterocycles. The Kier molecular flexibility index (Phi) is 4.95. The lowest BCUT2D eigenvalue weighted by Gasteiger charge is -2.19. The lowest BCUT2D eigenvalue weighted by molar-refractivity contribution is -0.137. The SMILES string of the molecule is COc1ccc(C2CC(=O)N(C)C2=O)c(C(=O)Nc2cccc3cccnc23)c1C. The third-order valence-electron chi connectivity index (χ3n) is 5.53. The van der Waals surface area contributed by atoms with Crippen LogP contribution in [0.25, 0.3) is 10.9 Å². The van der Waals surface area contributed by atoms with Crippen molar-refractivity contribution in [1.29, 1.82) is 0 Å². The number of hydrogen-bond donors (Lipinski definition) is 1. The third kappa shape index (κ3) is 3.18. The van der Waals surface area contributed by atoms with Crippen molar-refractivity contribution < 1.29 is 19.1 Å². The number of carbonyl (C=O) groups is 3. The van der Waals surface area contributed by atoms with Gasteiger partial charge in [0.05, 0.1) is 29.8 Å². The summed E-state index contributed by atoms with van der Waals surface area (Å²) in [4.78, 5) is 43.6. The predicted molar refractivity (Wildman–Crippen MR) is 113 cm³/mol. The Balaban J connectivity index is 1.80. The Morgan fingerprint density at radius 2 is 1.93 bits per heavy atom. The van der Waals surface area contributed by atoms with Crippen LogP contribution in [0, 0.1) is 6.92 Å². The largest absolute Gasteiger partial charge is 0.496 e. The lowest BCUT2D eigenvalue weighted by atomic mass is 9.89. The fourth-order valence-electron chi connectivity index (χ4n) is 3.91. The van der Waals surface area contributed by atoms with Crippen LogP contribution < -0.4 is 10.1 Å². The molecule has 1 unspecified atom stereocenters. The standard InChI is InChI=1S/C23H21N3O4/c1-13-18(30-3)10-9-15(16-12-19(27)26(2)23(16)29)20(13)22(28)25-17-8-4-6-14-7-5-11-24-21(14)17/h4-11,16H,12H2,1-3H3,(H,25,28). The van der Waals surface area contributed by atoms with Crippen molar-refractivity contribution >= 4 is 34.3 Å². The van der Waals surface area contributed by atoms with E-state index in [2.05, 4.69) is 10.3 Å². The second kappa shape index (κ2) is 7.59. The van der Waals surface area contributed by atoms with Gasteiger partial charge in [0.1, 0.15) is 5.75 Å². The van der Waals surface area contributed by atoms with Crippen LogP contribution in [-0.4, -0.2) is 41.8 Å². The summed E-state index contributed by atoms with van der Waals surface area (Å²) in [5, 5.41) is 3.83. The van der Waals surface area contributed by atoms with E-state index in [0.29, 0.717) is 33.6 Å². The Hall–Kier alpha value is -3.74. The minimum atomic E-state index is -0.696. The number of nitrogens with zero attached hydrogens (tertiary/aromatic N) is 2. The Bertz CT molecular complexity index is 1180. The van der Waals surface area contributed by atoms with E-state index in [4.69, 9.17) is 4.74 Å². The van der Waals surface area contributed by atoms with Crippen LogP contribution in [-0.2, 0) is 9.59 Å². The topological polar surface area (TPSA) is 88.6 Å². The molecule has 0 aliphatic carbocycles. The Morgan fingerprint density at radius 1 is 1.17 bits per heavy atom. The van der Waals surface area contributed by atoms with Gasteiger partial charge in [-0.1, -0.05) is 24.3 Å². The number of amides is 3. The van der Waals surface area contributed by atoms with Crippen molar-refractivity contribution in [2.45, 2.75) is 19.3 Å². The average molecular weight is 403 g/mol. The minimum absolute atomic E-state index is 0.0389. The van der Waals surface area contributed by atoms with Crippen LogP contribution in [0.15, 0.2) is 48.7 Å². The number of methoxy groups -OCH3 is 1. The van der Waals surface area contributed by atoms with Crippen molar-refractivity contribution in [3.8, 4) is 5.75 Å². The lowest BCUT2D eigenvalue weighted by Crippen LogP contribution is -2.26. The maximum atomic E-state index is 13.4. The highest BCUT2D eigenvalue weighted by molar-refractivity contribution is 6.12. The number of para-hydroxylation sites is 1. The molecule has 0 radical (unpaired) electrons. The first-order chi connectivity index (χ1) is 14.4. The highest BCUT2D eigenvalue weighted by atomic mass is 16.5. The molecule has 2 heterocycles. The summed E-state index contributed by atoms with van der Waals surface area (Å²) in [5.41, 5.74) is 2.69. The number of rotatable bonds is 4. The predicted octanol–water partition coefficient (Wildman–Crippen LogP) is 3.28. The molecule has 2 aromatic carbocycles. The van der Waals surface area contributed by atoms with Gasteiger partial charge in [-0.15, -0.1) is 0 Å². The number of fused-ring (bicyclic) bond motifs is 1. The number of imide groups is 1. The van der Waals surface area contributed by atoms with Gasteiger partial charge in [0, 0.05) is 30.6 Å². The summed E-state index contributed by atoms with van der Waals surface area (Å²) < 4.78 is 5.39. The number of benzene rings is 2. The van der Waals surface area contributed by atoms with Crippen LogP contribution in [0.1, 0.15) is 33.8 Å². The fraction of sp³-hybridized carbons (Fsp3) is 0.217. The van der Waals surface area contributed by atoms with E-state index in [0.717, 1.165) is 10.3 Å². The number of likely N-dealkylation sites (N-methyl/N-ethyl adjacent to an activating group) is 1. The molecule has 0 spiro atoms. The summed E-state index contributed by atoms with van der Waals surface area (Å²) in [5.74, 6) is -1.12. The molecule has 1 aliphatic rings. The van der Waals surface area contributed by atoms with Crippen LogP contribution in [0.2, 0.25) is 0 Å². The highest BCUT2D eigenvalue weighted by Crippen LogP contribution is 2.36. The molecule has 1 aromatic heterocycles. The summed E-state index contributed by atoms with van der Waals surface area (Å²) in [7, 11) is 2.99. The number of pyridine rings is 1. The molecule has 1 fully saturated rings. The van der Waals surface area contributed by atoms with E-state index >= 15 is 0 Å². The zero-order valence-corrected chi connectivity index (χ0v) is 16.9. The number of ether oxygens (including phenoxy) is 1. The van der Waals surface area contributed by atoms with Crippen molar-refractivity contribution in [1.82, 2.24) is 9.88 Å². The molecular formula is C23H21N3O4. The van der Waals surface area contributed by atoms with Crippen LogP contribution in [0.5, 0.6) is 5.75 Å². The molecule has 152 valence electrons. The molecule has 3 amide bonds. The van der Waals surface area contributed by atoms with E-state index < -0.39 is 5.92 Å². The zero-order valence-electron chi connectivity index (χ0n) is 16.9. The molecular weight excluding hydrogens is 382 g/mol. The molecule has 7 nitrogen and oxygen atoms in total. The van der Waals surface area contributed by atoms with Crippen molar-refractivity contribution in [2.75, 3.05) is 19.5 Å². The maximum absolute atomic E-state index is 13.4. The van der Waals surface area contributed by atoms with Gasteiger partial charge >= 0.3 is 0 Å². The molecule has 0 saturated carbocycles. The van der Waals surface area contributed by atoms with Crippen molar-refractivity contribution in [2.24, 2.45) is 0 Å². The Morgan fingerprint density at radius 3 is 2.63 bits per heavy atom. The van der Waals surface area contributed by atoms with E-state index in [-0.39, 0.29) is 24.1 Å². The summed E-state index contributed by atoms with van der Waals surface area (Å²) in [6.45, 7) is 1.77. The van der Waals surface area contributed by atoms with Gasteiger partial charge in [0.15, 0.2) is 0 Å². The quantitative estimate of drug-likeness (QED) is 0.676. The average Bonchev–Trinajstić information content (AvgIpc) is 3.01. The van der Waals surface area contributed by atoms with Gasteiger partial charge in [-0.2, -0.15) is 0 Å². The number of hydrogen-bond acceptors (Lipinski definition) is 5.